The fourth-order valence-corrected chi connectivity index (χ4v) is 7.55. The average Bonchev–Trinajstić information content (AvgIpc) is 2.95. The highest BCUT2D eigenvalue weighted by Crippen LogP contribution is 2.65. The lowest BCUT2D eigenvalue weighted by atomic mass is 9.45. The molecule has 0 amide bonds. The molecule has 5 nitrogen and oxygen atoms in total. The fraction of sp³-hybridized carbons (Fsp3) is 0.870. The number of hydrogen-bond donors (Lipinski definition) is 1. The normalized spacial score (nSPS) is 44.9. The molecular formula is C23H34O5. The van der Waals surface area contributed by atoms with Gasteiger partial charge in [-0.1, -0.05) is 13.8 Å². The lowest BCUT2D eigenvalue weighted by Gasteiger charge is -2.60. The predicted molar refractivity (Wildman–Crippen MR) is 103 cm³/mol. The van der Waals surface area contributed by atoms with E-state index in [-0.39, 0.29) is 30.3 Å². The predicted octanol–water partition coefficient (Wildman–Crippen LogP) is 4.37. The Kier molecular flexibility index (Phi) is 5.08. The summed E-state index contributed by atoms with van der Waals surface area (Å²) in [6.07, 6.45) is 9.08. The molecule has 0 spiro atoms. The van der Waals surface area contributed by atoms with Gasteiger partial charge in [-0.05, 0) is 80.5 Å². The Morgan fingerprint density at radius 3 is 2.57 bits per heavy atom. The second-order valence-corrected chi connectivity index (χ2v) is 10.4. The third-order valence-corrected chi connectivity index (χ3v) is 9.17. The molecule has 0 aliphatic heterocycles. The second-order valence-electron chi connectivity index (χ2n) is 10.4. The number of Topliss-reactive ketones (excluding diaryl/α,β-unsaturated/α-hetero) is 1. The highest BCUT2D eigenvalue weighted by molar-refractivity contribution is 5.87. The number of fused-ring (bicyclic) bond motifs is 5. The number of ether oxygens (including phenoxy) is 1. The standard InChI is InChI=1S/C23H34O5/c1-22-11-9-15(28-21(27)8-7-20(25)26)13-14(22)3-4-16-17-5-6-19(24)23(17,2)12-10-18(16)22/h14-18H,3-13H2,1-2H3,(H,25,26)/t14-,15-,16+,17+,18-,22-,23-/m0/s1. The van der Waals surface area contributed by atoms with Crippen LogP contribution < -0.4 is 0 Å². The van der Waals surface area contributed by atoms with E-state index >= 15 is 0 Å². The molecule has 0 aromatic carbocycles. The Morgan fingerprint density at radius 1 is 1.04 bits per heavy atom. The summed E-state index contributed by atoms with van der Waals surface area (Å²) in [5, 5.41) is 8.74. The molecule has 156 valence electrons. The molecule has 0 unspecified atom stereocenters. The average molecular weight is 391 g/mol. The number of carboxylic acids is 1. The van der Waals surface area contributed by atoms with Gasteiger partial charge in [0, 0.05) is 11.8 Å². The quantitative estimate of drug-likeness (QED) is 0.721. The van der Waals surface area contributed by atoms with Gasteiger partial charge in [-0.2, -0.15) is 0 Å². The molecule has 1 N–H and O–H groups in total. The summed E-state index contributed by atoms with van der Waals surface area (Å²) >= 11 is 0. The smallest absolute Gasteiger partial charge is 0.306 e. The van der Waals surface area contributed by atoms with Crippen LogP contribution in [0.15, 0.2) is 0 Å². The maximum Gasteiger partial charge on any atom is 0.306 e. The topological polar surface area (TPSA) is 80.7 Å². The van der Waals surface area contributed by atoms with E-state index in [1.165, 1.54) is 19.3 Å². The van der Waals surface area contributed by atoms with Gasteiger partial charge in [-0.15, -0.1) is 0 Å². The van der Waals surface area contributed by atoms with Gasteiger partial charge < -0.3 is 9.84 Å². The minimum atomic E-state index is -0.957. The first kappa shape index (κ1) is 19.9. The molecule has 4 rings (SSSR count). The molecule has 5 heteroatoms. The number of carbonyl (C=O) groups is 3. The summed E-state index contributed by atoms with van der Waals surface area (Å²) < 4.78 is 5.62. The van der Waals surface area contributed by atoms with Crippen LogP contribution in [0.5, 0.6) is 0 Å². The lowest BCUT2D eigenvalue weighted by Crippen LogP contribution is -2.54. The molecule has 0 heterocycles. The van der Waals surface area contributed by atoms with E-state index in [4.69, 9.17) is 9.84 Å². The summed E-state index contributed by atoms with van der Waals surface area (Å²) in [7, 11) is 0. The van der Waals surface area contributed by atoms with Crippen LogP contribution in [0.3, 0.4) is 0 Å². The van der Waals surface area contributed by atoms with Crippen molar-refractivity contribution in [2.75, 3.05) is 0 Å². The van der Waals surface area contributed by atoms with E-state index < -0.39 is 5.97 Å². The van der Waals surface area contributed by atoms with E-state index in [9.17, 15) is 14.4 Å². The summed E-state index contributed by atoms with van der Waals surface area (Å²) in [4.78, 5) is 35.1. The van der Waals surface area contributed by atoms with Crippen molar-refractivity contribution in [3.63, 3.8) is 0 Å². The molecule has 0 saturated heterocycles. The van der Waals surface area contributed by atoms with Gasteiger partial charge in [0.05, 0.1) is 12.8 Å². The summed E-state index contributed by atoms with van der Waals surface area (Å²) in [5.41, 5.74) is 0.223. The lowest BCUT2D eigenvalue weighted by molar-refractivity contribution is -0.163. The molecule has 4 fully saturated rings. The van der Waals surface area contributed by atoms with Gasteiger partial charge in [0.1, 0.15) is 11.9 Å². The Bertz CT molecular complexity index is 672. The van der Waals surface area contributed by atoms with E-state index in [1.807, 2.05) is 0 Å². The SMILES string of the molecule is C[C@]12CC[C@H](OC(=O)CCC(=O)O)C[C@@H]1CC[C@@H]1[C@H]3CCC(=O)[C@@]3(C)CC[C@@H]12. The van der Waals surface area contributed by atoms with Crippen LogP contribution in [0, 0.1) is 34.5 Å². The van der Waals surface area contributed by atoms with E-state index in [0.717, 1.165) is 38.5 Å². The zero-order valence-electron chi connectivity index (χ0n) is 17.2. The Labute approximate surface area is 167 Å². The van der Waals surface area contributed by atoms with Gasteiger partial charge in [-0.25, -0.2) is 0 Å². The van der Waals surface area contributed by atoms with Crippen molar-refractivity contribution in [2.24, 2.45) is 34.5 Å². The molecule has 4 saturated carbocycles. The summed E-state index contributed by atoms with van der Waals surface area (Å²) in [5.74, 6) is 1.69. The van der Waals surface area contributed by atoms with Crippen molar-refractivity contribution >= 4 is 17.7 Å². The molecule has 0 bridgehead atoms. The monoisotopic (exact) mass is 390 g/mol. The number of aliphatic carboxylic acids is 1. The number of esters is 1. The first-order valence-electron chi connectivity index (χ1n) is 11.2. The van der Waals surface area contributed by atoms with Crippen LogP contribution in [-0.4, -0.2) is 28.9 Å². The number of hydrogen-bond acceptors (Lipinski definition) is 4. The minimum absolute atomic E-state index is 0.0350. The van der Waals surface area contributed by atoms with Crippen molar-refractivity contribution < 1.29 is 24.2 Å². The molecule has 0 aromatic heterocycles. The van der Waals surface area contributed by atoms with Crippen molar-refractivity contribution in [2.45, 2.75) is 90.6 Å². The van der Waals surface area contributed by atoms with Crippen LogP contribution in [0.1, 0.15) is 84.5 Å². The maximum atomic E-state index is 12.5. The maximum absolute atomic E-state index is 12.5. The van der Waals surface area contributed by atoms with Crippen LogP contribution in [0.25, 0.3) is 0 Å². The van der Waals surface area contributed by atoms with Gasteiger partial charge in [0.15, 0.2) is 0 Å². The third kappa shape index (κ3) is 3.19. The third-order valence-electron chi connectivity index (χ3n) is 9.17. The highest BCUT2D eigenvalue weighted by Gasteiger charge is 2.60. The summed E-state index contributed by atoms with van der Waals surface area (Å²) in [6.45, 7) is 4.68. The fourth-order valence-electron chi connectivity index (χ4n) is 7.55. The molecule has 4 aliphatic carbocycles. The zero-order chi connectivity index (χ0) is 20.1. The van der Waals surface area contributed by atoms with Crippen molar-refractivity contribution in [1.29, 1.82) is 0 Å². The van der Waals surface area contributed by atoms with E-state index in [2.05, 4.69) is 13.8 Å². The van der Waals surface area contributed by atoms with Gasteiger partial charge >= 0.3 is 11.9 Å². The molecular weight excluding hydrogens is 356 g/mol. The first-order chi connectivity index (χ1) is 13.2. The van der Waals surface area contributed by atoms with Gasteiger partial charge in [0.25, 0.3) is 0 Å². The largest absolute Gasteiger partial charge is 0.481 e. The van der Waals surface area contributed by atoms with Crippen molar-refractivity contribution in [3.05, 3.63) is 0 Å². The summed E-state index contributed by atoms with van der Waals surface area (Å²) in [6, 6.07) is 0. The number of rotatable bonds is 4. The van der Waals surface area contributed by atoms with Crippen LogP contribution >= 0.6 is 0 Å². The molecule has 0 aromatic rings. The van der Waals surface area contributed by atoms with Gasteiger partial charge in [0.2, 0.25) is 0 Å². The molecule has 7 atom stereocenters. The van der Waals surface area contributed by atoms with E-state index in [0.29, 0.717) is 34.9 Å². The Balaban J connectivity index is 1.41. The van der Waals surface area contributed by atoms with E-state index in [1.54, 1.807) is 0 Å². The van der Waals surface area contributed by atoms with Crippen LogP contribution in [0.2, 0.25) is 0 Å². The van der Waals surface area contributed by atoms with Crippen molar-refractivity contribution in [3.8, 4) is 0 Å². The number of carboxylic acid groups (broad SMARTS) is 1. The number of ketones is 1. The molecule has 28 heavy (non-hydrogen) atoms. The van der Waals surface area contributed by atoms with Crippen molar-refractivity contribution in [1.82, 2.24) is 0 Å². The van der Waals surface area contributed by atoms with Crippen LogP contribution in [-0.2, 0) is 19.1 Å². The molecule has 4 aliphatic rings. The first-order valence-corrected chi connectivity index (χ1v) is 11.2. The Morgan fingerprint density at radius 2 is 1.82 bits per heavy atom. The number of carbonyl (C=O) groups excluding carboxylic acids is 2. The Hall–Kier alpha value is -1.39. The second kappa shape index (κ2) is 7.14. The zero-order valence-corrected chi connectivity index (χ0v) is 17.2. The minimum Gasteiger partial charge on any atom is -0.481 e. The van der Waals surface area contributed by atoms with Crippen LogP contribution in [0.4, 0.5) is 0 Å². The molecule has 0 radical (unpaired) electrons. The van der Waals surface area contributed by atoms with Gasteiger partial charge in [-0.3, -0.25) is 14.4 Å². The highest BCUT2D eigenvalue weighted by atomic mass is 16.5.